The average Bonchev–Trinajstić information content (AvgIpc) is 3.10. The van der Waals surface area contributed by atoms with Crippen molar-refractivity contribution >= 4 is 22.2 Å². The zero-order valence-corrected chi connectivity index (χ0v) is 12.5. The van der Waals surface area contributed by atoms with Gasteiger partial charge in [-0.3, -0.25) is 0 Å². The maximum Gasteiger partial charge on any atom is 0.0795 e. The lowest BCUT2D eigenvalue weighted by atomic mass is 10.1. The SMILES string of the molecule is CCCNCc1cccc2ccn(Cc3cscn3)c12. The minimum atomic E-state index is 0.845. The van der Waals surface area contributed by atoms with Crippen LogP contribution in [-0.2, 0) is 13.1 Å². The molecule has 0 fully saturated rings. The molecule has 3 nitrogen and oxygen atoms in total. The molecule has 3 rings (SSSR count). The Morgan fingerprint density at radius 2 is 2.25 bits per heavy atom. The van der Waals surface area contributed by atoms with E-state index in [1.54, 1.807) is 11.3 Å². The predicted molar refractivity (Wildman–Crippen MR) is 85.2 cm³/mol. The van der Waals surface area contributed by atoms with Crippen molar-refractivity contribution in [3.05, 3.63) is 52.6 Å². The fourth-order valence-electron chi connectivity index (χ4n) is 2.51. The van der Waals surface area contributed by atoms with Crippen LogP contribution in [0.15, 0.2) is 41.4 Å². The van der Waals surface area contributed by atoms with E-state index >= 15 is 0 Å². The fraction of sp³-hybridized carbons (Fsp3) is 0.312. The lowest BCUT2D eigenvalue weighted by molar-refractivity contribution is 0.674. The molecule has 20 heavy (non-hydrogen) atoms. The minimum absolute atomic E-state index is 0.845. The molecule has 4 heteroatoms. The van der Waals surface area contributed by atoms with E-state index in [2.05, 4.69) is 57.6 Å². The lowest BCUT2D eigenvalue weighted by Gasteiger charge is -2.10. The fourth-order valence-corrected chi connectivity index (χ4v) is 3.05. The van der Waals surface area contributed by atoms with Gasteiger partial charge in [0, 0.05) is 18.1 Å². The van der Waals surface area contributed by atoms with Crippen LogP contribution in [0.1, 0.15) is 24.6 Å². The molecule has 0 radical (unpaired) electrons. The topological polar surface area (TPSA) is 29.9 Å². The van der Waals surface area contributed by atoms with E-state index in [1.807, 2.05) is 5.51 Å². The van der Waals surface area contributed by atoms with E-state index in [0.717, 1.165) is 31.7 Å². The first-order chi connectivity index (χ1) is 9.88. The maximum atomic E-state index is 4.39. The maximum absolute atomic E-state index is 4.39. The smallest absolute Gasteiger partial charge is 0.0795 e. The summed E-state index contributed by atoms with van der Waals surface area (Å²) in [6, 6.07) is 8.71. The van der Waals surface area contributed by atoms with Gasteiger partial charge in [0.25, 0.3) is 0 Å². The van der Waals surface area contributed by atoms with Crippen LogP contribution in [0.3, 0.4) is 0 Å². The highest BCUT2D eigenvalue weighted by Gasteiger charge is 2.07. The summed E-state index contributed by atoms with van der Waals surface area (Å²) in [4.78, 5) is 4.39. The molecule has 1 N–H and O–H groups in total. The first-order valence-corrected chi connectivity index (χ1v) is 7.97. The van der Waals surface area contributed by atoms with Crippen molar-refractivity contribution < 1.29 is 0 Å². The zero-order valence-electron chi connectivity index (χ0n) is 11.7. The molecule has 0 amide bonds. The Labute approximate surface area is 123 Å². The summed E-state index contributed by atoms with van der Waals surface area (Å²) < 4.78 is 2.30. The van der Waals surface area contributed by atoms with E-state index in [1.165, 1.54) is 16.5 Å². The zero-order chi connectivity index (χ0) is 13.8. The number of hydrogen-bond donors (Lipinski definition) is 1. The van der Waals surface area contributed by atoms with Crippen LogP contribution in [0.25, 0.3) is 10.9 Å². The van der Waals surface area contributed by atoms with Crippen LogP contribution in [0.5, 0.6) is 0 Å². The molecule has 0 spiro atoms. The second-order valence-corrected chi connectivity index (χ2v) is 5.67. The van der Waals surface area contributed by atoms with Gasteiger partial charge in [0.1, 0.15) is 0 Å². The summed E-state index contributed by atoms with van der Waals surface area (Å²) in [5, 5.41) is 6.91. The largest absolute Gasteiger partial charge is 0.341 e. The summed E-state index contributed by atoms with van der Waals surface area (Å²) in [5.74, 6) is 0. The van der Waals surface area contributed by atoms with E-state index < -0.39 is 0 Å². The Kier molecular flexibility index (Phi) is 4.14. The number of thiazole rings is 1. The Hall–Kier alpha value is -1.65. The molecule has 104 valence electrons. The van der Waals surface area contributed by atoms with E-state index in [0.29, 0.717) is 0 Å². The highest BCUT2D eigenvalue weighted by Crippen LogP contribution is 2.21. The predicted octanol–water partition coefficient (Wildman–Crippen LogP) is 3.65. The molecule has 0 bridgehead atoms. The van der Waals surface area contributed by atoms with Crippen molar-refractivity contribution in [2.45, 2.75) is 26.4 Å². The quantitative estimate of drug-likeness (QED) is 0.701. The van der Waals surface area contributed by atoms with Gasteiger partial charge in [0.05, 0.1) is 23.3 Å². The highest BCUT2D eigenvalue weighted by molar-refractivity contribution is 7.07. The minimum Gasteiger partial charge on any atom is -0.341 e. The highest BCUT2D eigenvalue weighted by atomic mass is 32.1. The van der Waals surface area contributed by atoms with Gasteiger partial charge in [-0.1, -0.05) is 25.1 Å². The number of hydrogen-bond acceptors (Lipinski definition) is 3. The van der Waals surface area contributed by atoms with Crippen LogP contribution in [-0.4, -0.2) is 16.1 Å². The van der Waals surface area contributed by atoms with Crippen LogP contribution < -0.4 is 5.32 Å². The van der Waals surface area contributed by atoms with Gasteiger partial charge in [-0.15, -0.1) is 11.3 Å². The number of nitrogens with zero attached hydrogens (tertiary/aromatic N) is 2. The molecular weight excluding hydrogens is 266 g/mol. The van der Waals surface area contributed by atoms with Crippen molar-refractivity contribution in [1.82, 2.24) is 14.9 Å². The van der Waals surface area contributed by atoms with Gasteiger partial charge in [0.15, 0.2) is 0 Å². The molecule has 3 aromatic rings. The normalized spacial score (nSPS) is 11.2. The molecule has 0 atom stereocenters. The van der Waals surface area contributed by atoms with E-state index in [-0.39, 0.29) is 0 Å². The van der Waals surface area contributed by atoms with Crippen LogP contribution in [0.2, 0.25) is 0 Å². The molecular formula is C16H19N3S. The van der Waals surface area contributed by atoms with E-state index in [9.17, 15) is 0 Å². The number of nitrogens with one attached hydrogen (secondary N) is 1. The number of aromatic nitrogens is 2. The van der Waals surface area contributed by atoms with Crippen molar-refractivity contribution in [2.24, 2.45) is 0 Å². The van der Waals surface area contributed by atoms with Gasteiger partial charge < -0.3 is 9.88 Å². The van der Waals surface area contributed by atoms with Crippen LogP contribution >= 0.6 is 11.3 Å². The molecule has 0 aliphatic carbocycles. The molecule has 0 saturated carbocycles. The number of benzene rings is 1. The molecule has 0 saturated heterocycles. The Morgan fingerprint density at radius 3 is 3.05 bits per heavy atom. The van der Waals surface area contributed by atoms with Gasteiger partial charge >= 0.3 is 0 Å². The number of para-hydroxylation sites is 1. The Bertz CT molecular complexity index is 670. The van der Waals surface area contributed by atoms with Crippen molar-refractivity contribution in [3.8, 4) is 0 Å². The second kappa shape index (κ2) is 6.20. The van der Waals surface area contributed by atoms with Crippen LogP contribution in [0, 0.1) is 0 Å². The summed E-state index contributed by atoms with van der Waals surface area (Å²) in [6.07, 6.45) is 3.32. The molecule has 0 unspecified atom stereocenters. The van der Waals surface area contributed by atoms with Gasteiger partial charge in [-0.2, -0.15) is 0 Å². The third kappa shape index (κ3) is 2.76. The molecule has 2 heterocycles. The molecule has 2 aromatic heterocycles. The average molecular weight is 285 g/mol. The van der Waals surface area contributed by atoms with Crippen LogP contribution in [0.4, 0.5) is 0 Å². The second-order valence-electron chi connectivity index (χ2n) is 4.96. The van der Waals surface area contributed by atoms with Gasteiger partial charge in [-0.25, -0.2) is 4.98 Å². The summed E-state index contributed by atoms with van der Waals surface area (Å²) >= 11 is 1.65. The number of rotatable bonds is 6. The Morgan fingerprint density at radius 1 is 1.30 bits per heavy atom. The van der Waals surface area contributed by atoms with E-state index in [4.69, 9.17) is 0 Å². The first-order valence-electron chi connectivity index (χ1n) is 7.03. The lowest BCUT2D eigenvalue weighted by Crippen LogP contribution is -2.14. The molecule has 0 aliphatic heterocycles. The summed E-state index contributed by atoms with van der Waals surface area (Å²) in [5.41, 5.74) is 5.70. The number of fused-ring (bicyclic) bond motifs is 1. The van der Waals surface area contributed by atoms with Crippen molar-refractivity contribution in [2.75, 3.05) is 6.54 Å². The Balaban J connectivity index is 1.92. The van der Waals surface area contributed by atoms with Crippen molar-refractivity contribution in [1.29, 1.82) is 0 Å². The summed E-state index contributed by atoms with van der Waals surface area (Å²) in [7, 11) is 0. The monoisotopic (exact) mass is 285 g/mol. The van der Waals surface area contributed by atoms with Gasteiger partial charge in [-0.05, 0) is 30.0 Å². The van der Waals surface area contributed by atoms with Gasteiger partial charge in [0.2, 0.25) is 0 Å². The third-order valence-corrected chi connectivity index (χ3v) is 4.07. The summed E-state index contributed by atoms with van der Waals surface area (Å²) in [6.45, 7) is 5.02. The van der Waals surface area contributed by atoms with Crippen molar-refractivity contribution in [3.63, 3.8) is 0 Å². The molecule has 1 aromatic carbocycles. The standard InChI is InChI=1S/C16H19N3S/c1-2-7-17-9-14-5-3-4-13-6-8-19(16(13)14)10-15-11-20-12-18-15/h3-6,8,11-12,17H,2,7,9-10H2,1H3. The third-order valence-electron chi connectivity index (χ3n) is 3.43. The molecule has 0 aliphatic rings. The first kappa shape index (κ1) is 13.3.